The number of para-hydroxylation sites is 2. The van der Waals surface area contributed by atoms with Crippen molar-refractivity contribution in [2.45, 2.75) is 46.8 Å². The molecule has 0 radical (unpaired) electrons. The van der Waals surface area contributed by atoms with Gasteiger partial charge in [0.25, 0.3) is 11.5 Å². The Morgan fingerprint density at radius 3 is 2.43 bits per heavy atom. The molecule has 0 saturated heterocycles. The van der Waals surface area contributed by atoms with E-state index in [2.05, 4.69) is 29.4 Å². The fourth-order valence-corrected chi connectivity index (χ4v) is 3.68. The number of carbonyl (C=O) groups excluding carboxylic acids is 1. The van der Waals surface area contributed by atoms with Crippen LogP contribution in [0.2, 0.25) is 0 Å². The van der Waals surface area contributed by atoms with Gasteiger partial charge in [0.2, 0.25) is 0 Å². The molecule has 0 aliphatic heterocycles. The summed E-state index contributed by atoms with van der Waals surface area (Å²) < 4.78 is 5.13. The van der Waals surface area contributed by atoms with Gasteiger partial charge in [-0.15, -0.1) is 0 Å². The number of benzene rings is 1. The molecule has 4 aromatic rings. The molecule has 3 aromatic heterocycles. The maximum atomic E-state index is 13.1. The summed E-state index contributed by atoms with van der Waals surface area (Å²) in [5, 5.41) is 11.7. The van der Waals surface area contributed by atoms with E-state index in [9.17, 15) is 9.59 Å². The first kappa shape index (κ1) is 19.9. The van der Waals surface area contributed by atoms with Crippen molar-refractivity contribution in [3.63, 3.8) is 0 Å². The number of amides is 1. The molecule has 0 fully saturated rings. The Labute approximate surface area is 174 Å². The highest BCUT2D eigenvalue weighted by molar-refractivity contribution is 5.94. The zero-order valence-electron chi connectivity index (χ0n) is 17.7. The Hall–Kier alpha value is -3.42. The highest BCUT2D eigenvalue weighted by atomic mass is 16.2. The van der Waals surface area contributed by atoms with E-state index in [1.54, 1.807) is 19.8 Å². The highest BCUT2D eigenvalue weighted by Crippen LogP contribution is 2.16. The summed E-state index contributed by atoms with van der Waals surface area (Å²) in [6, 6.07) is 11.0. The largest absolute Gasteiger partial charge is 0.346 e. The molecule has 0 saturated carbocycles. The molecular weight excluding hydrogens is 380 g/mol. The van der Waals surface area contributed by atoms with E-state index >= 15 is 0 Å². The van der Waals surface area contributed by atoms with Gasteiger partial charge in [-0.2, -0.15) is 10.2 Å². The minimum atomic E-state index is -0.311. The van der Waals surface area contributed by atoms with Crippen LogP contribution < -0.4 is 10.9 Å². The Morgan fingerprint density at radius 2 is 1.77 bits per heavy atom. The van der Waals surface area contributed by atoms with Crippen LogP contribution in [-0.2, 0) is 13.1 Å². The second-order valence-electron chi connectivity index (χ2n) is 8.18. The number of carbonyl (C=O) groups is 1. The van der Waals surface area contributed by atoms with Gasteiger partial charge in [0.1, 0.15) is 5.52 Å². The van der Waals surface area contributed by atoms with Gasteiger partial charge in [0, 0.05) is 24.8 Å². The predicted molar refractivity (Wildman–Crippen MR) is 116 cm³/mol. The maximum Gasteiger partial charge on any atom is 0.277 e. The molecule has 156 valence electrons. The van der Waals surface area contributed by atoms with Gasteiger partial charge >= 0.3 is 0 Å². The van der Waals surface area contributed by atoms with Gasteiger partial charge in [-0.25, -0.2) is 4.52 Å². The van der Waals surface area contributed by atoms with Crippen molar-refractivity contribution in [2.75, 3.05) is 0 Å². The van der Waals surface area contributed by atoms with E-state index in [1.165, 1.54) is 0 Å². The number of nitrogens with one attached hydrogen (secondary N) is 1. The Balaban J connectivity index is 1.69. The number of aromatic nitrogens is 5. The van der Waals surface area contributed by atoms with E-state index in [0.717, 1.165) is 16.7 Å². The first-order valence-electron chi connectivity index (χ1n) is 10.2. The summed E-state index contributed by atoms with van der Waals surface area (Å²) in [4.78, 5) is 25.9. The van der Waals surface area contributed by atoms with Crippen molar-refractivity contribution >= 4 is 22.5 Å². The molecule has 3 heterocycles. The van der Waals surface area contributed by atoms with E-state index in [4.69, 9.17) is 0 Å². The third-order valence-electron chi connectivity index (χ3n) is 4.97. The number of hydrogen-bond donors (Lipinski definition) is 1. The molecule has 8 heteroatoms. The molecule has 1 amide bonds. The van der Waals surface area contributed by atoms with Crippen LogP contribution in [0, 0.1) is 12.8 Å². The van der Waals surface area contributed by atoms with Gasteiger partial charge < -0.3 is 9.88 Å². The lowest BCUT2D eigenvalue weighted by atomic mass is 10.2. The van der Waals surface area contributed by atoms with Crippen LogP contribution in [0.5, 0.6) is 0 Å². The quantitative estimate of drug-likeness (QED) is 0.533. The summed E-state index contributed by atoms with van der Waals surface area (Å²) >= 11 is 0. The predicted octanol–water partition coefficient (Wildman–Crippen LogP) is 2.63. The fourth-order valence-electron chi connectivity index (χ4n) is 3.68. The Bertz CT molecular complexity index is 1280. The lowest BCUT2D eigenvalue weighted by Gasteiger charge is -2.13. The lowest BCUT2D eigenvalue weighted by Crippen LogP contribution is -2.36. The third kappa shape index (κ3) is 3.72. The van der Waals surface area contributed by atoms with Crippen LogP contribution in [0.4, 0.5) is 0 Å². The zero-order valence-corrected chi connectivity index (χ0v) is 17.7. The summed E-state index contributed by atoms with van der Waals surface area (Å²) in [6.07, 6.45) is 1.88. The van der Waals surface area contributed by atoms with E-state index in [-0.39, 0.29) is 23.2 Å². The Morgan fingerprint density at radius 1 is 1.03 bits per heavy atom. The van der Waals surface area contributed by atoms with Crippen molar-refractivity contribution in [1.82, 2.24) is 29.3 Å². The van der Waals surface area contributed by atoms with Crippen LogP contribution in [-0.4, -0.2) is 35.9 Å². The molecule has 1 atom stereocenters. The topological polar surface area (TPSA) is 86.2 Å². The molecule has 30 heavy (non-hydrogen) atoms. The summed E-state index contributed by atoms with van der Waals surface area (Å²) in [6.45, 7) is 9.13. The first-order chi connectivity index (χ1) is 14.3. The smallest absolute Gasteiger partial charge is 0.277 e. The Kier molecular flexibility index (Phi) is 5.15. The number of nitrogens with zero attached hydrogens (tertiary/aromatic N) is 5. The minimum absolute atomic E-state index is 0.143. The summed E-state index contributed by atoms with van der Waals surface area (Å²) in [5.74, 6) is -0.00000215. The van der Waals surface area contributed by atoms with Crippen LogP contribution >= 0.6 is 0 Å². The fraction of sp³-hybridized carbons (Fsp3) is 0.364. The standard InChI is InChI=1S/C22H26N6O2/c1-14(2)12-27-18-7-5-6-8-19(18)28-20(22(27)30)11-17(25-28)21(29)23-16(4)13-26-10-9-15(3)24-26/h5-11,14,16H,12-13H2,1-4H3,(H,23,29)/t16-/m1/s1. The molecule has 0 unspecified atom stereocenters. The van der Waals surface area contributed by atoms with Crippen molar-refractivity contribution in [2.24, 2.45) is 5.92 Å². The molecular formula is C22H26N6O2. The number of aryl methyl sites for hydroxylation is 1. The van der Waals surface area contributed by atoms with Crippen molar-refractivity contribution < 1.29 is 4.79 Å². The average molecular weight is 406 g/mol. The number of fused-ring (bicyclic) bond motifs is 3. The van der Waals surface area contributed by atoms with Crippen molar-refractivity contribution in [3.8, 4) is 0 Å². The molecule has 8 nitrogen and oxygen atoms in total. The maximum absolute atomic E-state index is 13.1. The van der Waals surface area contributed by atoms with Gasteiger partial charge in [-0.3, -0.25) is 14.3 Å². The first-order valence-corrected chi connectivity index (χ1v) is 10.2. The molecule has 0 bridgehead atoms. The molecule has 0 spiro atoms. The minimum Gasteiger partial charge on any atom is -0.346 e. The van der Waals surface area contributed by atoms with E-state index < -0.39 is 0 Å². The molecule has 0 aliphatic carbocycles. The van der Waals surface area contributed by atoms with Crippen LogP contribution in [0.25, 0.3) is 16.6 Å². The molecule has 0 aliphatic rings. The SMILES string of the molecule is Cc1ccn(C[C@@H](C)NC(=O)c2cc3c(=O)n(CC(C)C)c4ccccc4n3n2)n1. The molecule has 1 N–H and O–H groups in total. The summed E-state index contributed by atoms with van der Waals surface area (Å²) in [7, 11) is 0. The third-order valence-corrected chi connectivity index (χ3v) is 4.97. The second-order valence-corrected chi connectivity index (χ2v) is 8.18. The van der Waals surface area contributed by atoms with Crippen molar-refractivity contribution in [3.05, 3.63) is 64.3 Å². The number of hydrogen-bond acceptors (Lipinski definition) is 4. The van der Waals surface area contributed by atoms with E-state index in [1.807, 2.05) is 50.4 Å². The highest BCUT2D eigenvalue weighted by Gasteiger charge is 2.19. The van der Waals surface area contributed by atoms with Gasteiger partial charge in [0.15, 0.2) is 5.69 Å². The zero-order chi connectivity index (χ0) is 21.4. The lowest BCUT2D eigenvalue weighted by molar-refractivity contribution is 0.0930. The summed E-state index contributed by atoms with van der Waals surface area (Å²) in [5.41, 5.74) is 3.01. The van der Waals surface area contributed by atoms with Crippen molar-refractivity contribution in [1.29, 1.82) is 0 Å². The van der Waals surface area contributed by atoms with Crippen LogP contribution in [0.15, 0.2) is 47.4 Å². The van der Waals surface area contributed by atoms with Crippen LogP contribution in [0.1, 0.15) is 37.0 Å². The molecule has 4 rings (SSSR count). The van der Waals surface area contributed by atoms with Gasteiger partial charge in [0.05, 0.1) is 23.3 Å². The van der Waals surface area contributed by atoms with Crippen LogP contribution in [0.3, 0.4) is 0 Å². The normalized spacial score (nSPS) is 12.7. The monoisotopic (exact) mass is 406 g/mol. The van der Waals surface area contributed by atoms with Gasteiger partial charge in [-0.1, -0.05) is 26.0 Å². The molecule has 1 aromatic carbocycles. The van der Waals surface area contributed by atoms with E-state index in [0.29, 0.717) is 24.5 Å². The second kappa shape index (κ2) is 7.78. The number of rotatable bonds is 6. The van der Waals surface area contributed by atoms with Gasteiger partial charge in [-0.05, 0) is 38.0 Å². The average Bonchev–Trinajstić information content (AvgIpc) is 3.31.